The first kappa shape index (κ1) is 31.6. The number of carbonyl (C=O) groups is 2. The summed E-state index contributed by atoms with van der Waals surface area (Å²) in [5, 5.41) is 7.85. The fraction of sp³-hybridized carbons (Fsp3) is 0.312. The molecule has 3 aromatic rings. The molecule has 2 aromatic carbocycles. The van der Waals surface area contributed by atoms with Crippen LogP contribution < -0.4 is 26.4 Å². The molecule has 0 fully saturated rings. The summed E-state index contributed by atoms with van der Waals surface area (Å²) in [6.07, 6.45) is 2.47. The predicted octanol–water partition coefficient (Wildman–Crippen LogP) is 4.41. The van der Waals surface area contributed by atoms with Gasteiger partial charge >= 0.3 is 6.18 Å². The fourth-order valence-electron chi connectivity index (χ4n) is 5.52. The maximum absolute atomic E-state index is 14.2. The van der Waals surface area contributed by atoms with Crippen LogP contribution in [0, 0.1) is 5.82 Å². The van der Waals surface area contributed by atoms with E-state index in [0.29, 0.717) is 35.5 Å². The maximum Gasteiger partial charge on any atom is 0.416 e. The Morgan fingerprint density at radius 1 is 1.13 bits per heavy atom. The molecule has 0 radical (unpaired) electrons. The van der Waals surface area contributed by atoms with E-state index < -0.39 is 41.0 Å². The van der Waals surface area contributed by atoms with Crippen molar-refractivity contribution in [1.82, 2.24) is 20.2 Å². The number of hydrogen-bond donors (Lipinski definition) is 3. The quantitative estimate of drug-likeness (QED) is 0.321. The summed E-state index contributed by atoms with van der Waals surface area (Å²) in [7, 11) is 3.07. The van der Waals surface area contributed by atoms with Gasteiger partial charge in [0.05, 0.1) is 18.2 Å². The lowest BCUT2D eigenvalue weighted by Crippen LogP contribution is -2.38. The molecule has 1 aliphatic heterocycles. The standard InChI is InChI=1S/C32H32F4N6O3/c1-18(37-2)29(43)40-28-31(45)42(27(16-39-28)20-5-4-6-22(13-20)30(44)38-3)17-19-11-23(32(34,35)36)15-25(12-19)41-10-9-21-14-24(33)7-8-26(21)41/h4-8,11-12,14-16,18,20,37H,9-10,13,17H2,1-3H3,(H,38,44)(H,39,40,43)/t18-,20?/m0/s1. The van der Waals surface area contributed by atoms with Crippen LogP contribution in [0.2, 0.25) is 0 Å². The van der Waals surface area contributed by atoms with Gasteiger partial charge in [-0.05, 0) is 74.3 Å². The molecule has 0 spiro atoms. The first-order valence-electron chi connectivity index (χ1n) is 14.3. The molecule has 3 N–H and O–H groups in total. The average molecular weight is 625 g/mol. The Morgan fingerprint density at radius 3 is 2.62 bits per heavy atom. The summed E-state index contributed by atoms with van der Waals surface area (Å²) < 4.78 is 57.7. The van der Waals surface area contributed by atoms with Gasteiger partial charge in [0, 0.05) is 48.3 Å². The number of aromatic nitrogens is 2. The van der Waals surface area contributed by atoms with Gasteiger partial charge in [-0.25, -0.2) is 9.37 Å². The van der Waals surface area contributed by atoms with E-state index in [9.17, 15) is 31.9 Å². The maximum atomic E-state index is 14.2. The number of benzene rings is 2. The highest BCUT2D eigenvalue weighted by atomic mass is 19.4. The van der Waals surface area contributed by atoms with Crippen LogP contribution in [0.4, 0.5) is 34.8 Å². The minimum absolute atomic E-state index is 0.174. The van der Waals surface area contributed by atoms with Crippen molar-refractivity contribution in [3.63, 3.8) is 0 Å². The molecule has 1 aliphatic carbocycles. The van der Waals surface area contributed by atoms with Crippen LogP contribution in [0.3, 0.4) is 0 Å². The second-order valence-corrected chi connectivity index (χ2v) is 10.9. The van der Waals surface area contributed by atoms with E-state index in [0.717, 1.165) is 12.1 Å². The third-order valence-electron chi connectivity index (χ3n) is 8.03. The molecule has 1 unspecified atom stereocenters. The molecule has 236 valence electrons. The third kappa shape index (κ3) is 6.68. The number of fused-ring (bicyclic) bond motifs is 1. The Hall–Kier alpha value is -4.78. The Bertz CT molecular complexity index is 1760. The van der Waals surface area contributed by atoms with E-state index in [2.05, 4.69) is 20.9 Å². The number of anilines is 3. The first-order valence-corrected chi connectivity index (χ1v) is 14.3. The lowest BCUT2D eigenvalue weighted by Gasteiger charge is -2.24. The Morgan fingerprint density at radius 2 is 1.91 bits per heavy atom. The van der Waals surface area contributed by atoms with Gasteiger partial charge < -0.3 is 25.4 Å². The van der Waals surface area contributed by atoms with Crippen molar-refractivity contribution < 1.29 is 27.2 Å². The van der Waals surface area contributed by atoms with Gasteiger partial charge in [-0.15, -0.1) is 0 Å². The van der Waals surface area contributed by atoms with Crippen molar-refractivity contribution in [3.05, 3.63) is 105 Å². The van der Waals surface area contributed by atoms with Crippen LogP contribution in [-0.4, -0.2) is 48.0 Å². The summed E-state index contributed by atoms with van der Waals surface area (Å²) in [6.45, 7) is 1.66. The number of hydrogen-bond acceptors (Lipinski definition) is 6. The van der Waals surface area contributed by atoms with Crippen LogP contribution in [0.5, 0.6) is 0 Å². The van der Waals surface area contributed by atoms with Crippen molar-refractivity contribution in [1.29, 1.82) is 0 Å². The molecule has 0 bridgehead atoms. The zero-order valence-corrected chi connectivity index (χ0v) is 24.8. The molecule has 2 aliphatic rings. The molecule has 45 heavy (non-hydrogen) atoms. The zero-order chi connectivity index (χ0) is 32.5. The highest BCUT2D eigenvalue weighted by Gasteiger charge is 2.33. The number of allylic oxidation sites excluding steroid dienone is 3. The summed E-state index contributed by atoms with van der Waals surface area (Å²) in [5.41, 5.74) is 0.888. The van der Waals surface area contributed by atoms with Crippen molar-refractivity contribution in [2.75, 3.05) is 30.9 Å². The van der Waals surface area contributed by atoms with Crippen LogP contribution in [0.1, 0.15) is 41.6 Å². The van der Waals surface area contributed by atoms with E-state index >= 15 is 0 Å². The number of amides is 2. The summed E-state index contributed by atoms with van der Waals surface area (Å²) >= 11 is 0. The minimum atomic E-state index is -4.69. The molecule has 0 saturated carbocycles. The van der Waals surface area contributed by atoms with Gasteiger partial charge in [-0.3, -0.25) is 14.4 Å². The average Bonchev–Trinajstić information content (AvgIpc) is 3.44. The SMILES string of the molecule is CNC(=O)C1=CC=CC(c2cnc(NC(=O)[C@H](C)NC)c(=O)n2Cc2cc(N3CCc4cc(F)ccc43)cc(C(F)(F)F)c2)C1. The Labute approximate surface area is 256 Å². The predicted molar refractivity (Wildman–Crippen MR) is 162 cm³/mol. The van der Waals surface area contributed by atoms with E-state index in [4.69, 9.17) is 0 Å². The van der Waals surface area contributed by atoms with Gasteiger partial charge in [0.25, 0.3) is 5.56 Å². The van der Waals surface area contributed by atoms with Crippen molar-refractivity contribution in [2.45, 2.75) is 44.4 Å². The van der Waals surface area contributed by atoms with Gasteiger partial charge in [-0.1, -0.05) is 18.2 Å². The Balaban J connectivity index is 1.60. The molecular formula is C32H32F4N6O3. The number of carbonyl (C=O) groups excluding carboxylic acids is 2. The normalized spacial score (nSPS) is 16.6. The molecule has 13 heteroatoms. The number of nitrogens with zero attached hydrogens (tertiary/aromatic N) is 3. The number of alkyl halides is 3. The van der Waals surface area contributed by atoms with E-state index in [1.54, 1.807) is 43.2 Å². The fourth-order valence-corrected chi connectivity index (χ4v) is 5.52. The molecule has 2 atom stereocenters. The van der Waals surface area contributed by atoms with Crippen LogP contribution in [0.25, 0.3) is 0 Å². The second-order valence-electron chi connectivity index (χ2n) is 10.9. The highest BCUT2D eigenvalue weighted by Crippen LogP contribution is 2.39. The molecule has 0 saturated heterocycles. The zero-order valence-electron chi connectivity index (χ0n) is 24.8. The molecule has 2 heterocycles. The number of rotatable bonds is 8. The summed E-state index contributed by atoms with van der Waals surface area (Å²) in [4.78, 5) is 44.7. The lowest BCUT2D eigenvalue weighted by atomic mass is 9.91. The van der Waals surface area contributed by atoms with E-state index in [1.807, 2.05) is 0 Å². The summed E-state index contributed by atoms with van der Waals surface area (Å²) in [5.74, 6) is -2.04. The monoisotopic (exact) mass is 624 g/mol. The molecule has 9 nitrogen and oxygen atoms in total. The highest BCUT2D eigenvalue weighted by molar-refractivity contribution is 5.94. The smallest absolute Gasteiger partial charge is 0.355 e. The van der Waals surface area contributed by atoms with Crippen molar-refractivity contribution in [2.24, 2.45) is 0 Å². The molecule has 1 aromatic heterocycles. The van der Waals surface area contributed by atoms with E-state index in [1.165, 1.54) is 36.0 Å². The second kappa shape index (κ2) is 12.7. The van der Waals surface area contributed by atoms with E-state index in [-0.39, 0.29) is 35.9 Å². The molecular weight excluding hydrogens is 592 g/mol. The molecule has 2 amide bonds. The van der Waals surface area contributed by atoms with Crippen molar-refractivity contribution in [3.8, 4) is 0 Å². The Kier molecular flexibility index (Phi) is 8.91. The number of halogens is 4. The molecule has 5 rings (SSSR count). The largest absolute Gasteiger partial charge is 0.416 e. The van der Waals surface area contributed by atoms with Crippen LogP contribution >= 0.6 is 0 Å². The minimum Gasteiger partial charge on any atom is -0.355 e. The van der Waals surface area contributed by atoms with Gasteiger partial charge in [0.1, 0.15) is 5.82 Å². The van der Waals surface area contributed by atoms with Gasteiger partial charge in [0.2, 0.25) is 11.8 Å². The number of likely N-dealkylation sites (N-methyl/N-ethyl adjacent to an activating group) is 2. The summed E-state index contributed by atoms with van der Waals surface area (Å²) in [6, 6.07) is 7.11. The van der Waals surface area contributed by atoms with Crippen LogP contribution in [0.15, 0.2) is 71.2 Å². The third-order valence-corrected chi connectivity index (χ3v) is 8.03. The van der Waals surface area contributed by atoms with Gasteiger partial charge in [0.15, 0.2) is 5.82 Å². The van der Waals surface area contributed by atoms with Gasteiger partial charge in [-0.2, -0.15) is 13.2 Å². The first-order chi connectivity index (χ1) is 21.4. The topological polar surface area (TPSA) is 108 Å². The number of nitrogens with one attached hydrogen (secondary N) is 3. The lowest BCUT2D eigenvalue weighted by molar-refractivity contribution is -0.137. The van der Waals surface area contributed by atoms with Crippen LogP contribution in [-0.2, 0) is 28.7 Å². The van der Waals surface area contributed by atoms with Crippen molar-refractivity contribution >= 4 is 29.0 Å².